The number of halogens is 1. The van der Waals surface area contributed by atoms with Gasteiger partial charge in [0, 0.05) is 36.7 Å². The van der Waals surface area contributed by atoms with Gasteiger partial charge in [-0.25, -0.2) is 0 Å². The number of rotatable bonds is 3. The van der Waals surface area contributed by atoms with Crippen molar-refractivity contribution >= 4 is 17.5 Å². The SMILES string of the molecule is CC(Oc1cccc(Cl)c1)C(=O)N1CC2(CCOCC2)C1. The number of ether oxygens (including phenoxy) is 2. The molecule has 2 aliphatic rings. The van der Waals surface area contributed by atoms with Crippen LogP contribution in [-0.4, -0.2) is 43.2 Å². The predicted octanol–water partition coefficient (Wildman–Crippen LogP) is 2.75. The molecule has 0 bridgehead atoms. The molecule has 1 unspecified atom stereocenters. The van der Waals surface area contributed by atoms with Crippen LogP contribution in [0.15, 0.2) is 24.3 Å². The van der Waals surface area contributed by atoms with E-state index in [1.165, 1.54) is 0 Å². The Morgan fingerprint density at radius 2 is 2.10 bits per heavy atom. The molecule has 21 heavy (non-hydrogen) atoms. The van der Waals surface area contributed by atoms with Gasteiger partial charge < -0.3 is 14.4 Å². The summed E-state index contributed by atoms with van der Waals surface area (Å²) in [6.07, 6.45) is 1.63. The summed E-state index contributed by atoms with van der Waals surface area (Å²) in [6.45, 7) is 5.09. The van der Waals surface area contributed by atoms with Crippen LogP contribution in [0.3, 0.4) is 0 Å². The molecule has 3 rings (SSSR count). The van der Waals surface area contributed by atoms with Crippen LogP contribution in [0, 0.1) is 5.41 Å². The highest BCUT2D eigenvalue weighted by molar-refractivity contribution is 6.30. The zero-order valence-electron chi connectivity index (χ0n) is 12.2. The van der Waals surface area contributed by atoms with E-state index in [1.807, 2.05) is 17.0 Å². The number of carbonyl (C=O) groups is 1. The largest absolute Gasteiger partial charge is 0.481 e. The Balaban J connectivity index is 1.54. The van der Waals surface area contributed by atoms with Crippen molar-refractivity contribution in [1.29, 1.82) is 0 Å². The van der Waals surface area contributed by atoms with Gasteiger partial charge in [0.2, 0.25) is 0 Å². The number of carbonyl (C=O) groups excluding carboxylic acids is 1. The minimum atomic E-state index is -0.486. The fraction of sp³-hybridized carbons (Fsp3) is 0.562. The van der Waals surface area contributed by atoms with Gasteiger partial charge in [0.25, 0.3) is 5.91 Å². The molecule has 2 aliphatic heterocycles. The lowest BCUT2D eigenvalue weighted by atomic mass is 9.73. The second-order valence-corrected chi connectivity index (χ2v) is 6.46. The van der Waals surface area contributed by atoms with E-state index in [1.54, 1.807) is 19.1 Å². The highest BCUT2D eigenvalue weighted by Crippen LogP contribution is 2.40. The van der Waals surface area contributed by atoms with Crippen LogP contribution in [0.2, 0.25) is 5.02 Å². The van der Waals surface area contributed by atoms with Gasteiger partial charge in [-0.15, -0.1) is 0 Å². The molecule has 0 aliphatic carbocycles. The van der Waals surface area contributed by atoms with E-state index in [9.17, 15) is 4.79 Å². The lowest BCUT2D eigenvalue weighted by Gasteiger charge is -2.52. The fourth-order valence-corrected chi connectivity index (χ4v) is 3.27. The third-order valence-electron chi connectivity index (χ3n) is 4.37. The van der Waals surface area contributed by atoms with Crippen LogP contribution in [0.4, 0.5) is 0 Å². The average Bonchev–Trinajstić information content (AvgIpc) is 2.45. The van der Waals surface area contributed by atoms with Gasteiger partial charge in [0.15, 0.2) is 6.10 Å². The lowest BCUT2D eigenvalue weighted by molar-refractivity contribution is -0.156. The highest BCUT2D eigenvalue weighted by atomic mass is 35.5. The van der Waals surface area contributed by atoms with Gasteiger partial charge in [-0.1, -0.05) is 17.7 Å². The number of likely N-dealkylation sites (tertiary alicyclic amines) is 1. The molecule has 0 N–H and O–H groups in total. The molecule has 1 atom stereocenters. The fourth-order valence-electron chi connectivity index (χ4n) is 3.09. The summed E-state index contributed by atoms with van der Waals surface area (Å²) in [5.74, 6) is 0.678. The maximum Gasteiger partial charge on any atom is 0.263 e. The van der Waals surface area contributed by atoms with Gasteiger partial charge in [-0.05, 0) is 38.0 Å². The van der Waals surface area contributed by atoms with Gasteiger partial charge >= 0.3 is 0 Å². The first kappa shape index (κ1) is 14.7. The number of amides is 1. The predicted molar refractivity (Wildman–Crippen MR) is 80.6 cm³/mol. The molecule has 2 fully saturated rings. The first-order valence-electron chi connectivity index (χ1n) is 7.37. The van der Waals surface area contributed by atoms with E-state index in [4.69, 9.17) is 21.1 Å². The topological polar surface area (TPSA) is 38.8 Å². The summed E-state index contributed by atoms with van der Waals surface area (Å²) in [5, 5.41) is 0.609. The van der Waals surface area contributed by atoms with Gasteiger partial charge in [0.05, 0.1) is 0 Å². The number of hydrogen-bond donors (Lipinski definition) is 0. The summed E-state index contributed by atoms with van der Waals surface area (Å²) in [5.41, 5.74) is 0.295. The quantitative estimate of drug-likeness (QED) is 0.862. The summed E-state index contributed by atoms with van der Waals surface area (Å²) >= 11 is 5.92. The second kappa shape index (κ2) is 5.85. The van der Waals surface area contributed by atoms with Gasteiger partial charge in [-0.2, -0.15) is 0 Å². The van der Waals surface area contributed by atoms with Crippen LogP contribution in [0.25, 0.3) is 0 Å². The minimum Gasteiger partial charge on any atom is -0.481 e. The smallest absolute Gasteiger partial charge is 0.263 e. The van der Waals surface area contributed by atoms with Crippen molar-refractivity contribution in [2.75, 3.05) is 26.3 Å². The van der Waals surface area contributed by atoms with E-state index in [-0.39, 0.29) is 5.91 Å². The van der Waals surface area contributed by atoms with Crippen molar-refractivity contribution in [3.63, 3.8) is 0 Å². The molecule has 0 radical (unpaired) electrons. The van der Waals surface area contributed by atoms with E-state index >= 15 is 0 Å². The zero-order chi connectivity index (χ0) is 14.9. The van der Waals surface area contributed by atoms with Crippen molar-refractivity contribution in [2.24, 2.45) is 5.41 Å². The maximum atomic E-state index is 12.4. The Hall–Kier alpha value is -1.26. The molecule has 0 aromatic heterocycles. The number of hydrogen-bond acceptors (Lipinski definition) is 3. The molecule has 2 saturated heterocycles. The summed E-state index contributed by atoms with van der Waals surface area (Å²) < 4.78 is 11.1. The first-order chi connectivity index (χ1) is 10.1. The van der Waals surface area contributed by atoms with Crippen molar-refractivity contribution < 1.29 is 14.3 Å². The molecule has 1 spiro atoms. The molecule has 2 heterocycles. The highest BCUT2D eigenvalue weighted by Gasteiger charge is 2.46. The third-order valence-corrected chi connectivity index (χ3v) is 4.61. The van der Waals surface area contributed by atoms with Gasteiger partial charge in [0.1, 0.15) is 5.75 Å². The van der Waals surface area contributed by atoms with Crippen LogP contribution >= 0.6 is 11.6 Å². The second-order valence-electron chi connectivity index (χ2n) is 6.02. The van der Waals surface area contributed by atoms with E-state index in [0.29, 0.717) is 16.2 Å². The molecule has 114 valence electrons. The number of nitrogens with zero attached hydrogens (tertiary/aromatic N) is 1. The van der Waals surface area contributed by atoms with Crippen LogP contribution < -0.4 is 4.74 Å². The Kier molecular flexibility index (Phi) is 4.09. The summed E-state index contributed by atoms with van der Waals surface area (Å²) in [4.78, 5) is 14.3. The van der Waals surface area contributed by atoms with Crippen molar-refractivity contribution in [1.82, 2.24) is 4.90 Å². The van der Waals surface area contributed by atoms with Crippen molar-refractivity contribution in [3.05, 3.63) is 29.3 Å². The number of benzene rings is 1. The first-order valence-corrected chi connectivity index (χ1v) is 7.75. The molecule has 1 aromatic carbocycles. The molecule has 1 aromatic rings. The van der Waals surface area contributed by atoms with Crippen LogP contribution in [-0.2, 0) is 9.53 Å². The zero-order valence-corrected chi connectivity index (χ0v) is 12.9. The lowest BCUT2D eigenvalue weighted by Crippen LogP contribution is -2.62. The van der Waals surface area contributed by atoms with E-state index in [0.717, 1.165) is 39.1 Å². The Morgan fingerprint density at radius 1 is 1.38 bits per heavy atom. The van der Waals surface area contributed by atoms with E-state index in [2.05, 4.69) is 0 Å². The molecular formula is C16H20ClNO3. The normalized spacial score (nSPS) is 21.7. The minimum absolute atomic E-state index is 0.0482. The van der Waals surface area contributed by atoms with Crippen molar-refractivity contribution in [2.45, 2.75) is 25.9 Å². The third kappa shape index (κ3) is 3.16. The Bertz CT molecular complexity index is 520. The summed E-state index contributed by atoms with van der Waals surface area (Å²) in [7, 11) is 0. The van der Waals surface area contributed by atoms with Gasteiger partial charge in [-0.3, -0.25) is 4.79 Å². The van der Waals surface area contributed by atoms with Crippen LogP contribution in [0.5, 0.6) is 5.75 Å². The molecule has 5 heteroatoms. The molecule has 4 nitrogen and oxygen atoms in total. The van der Waals surface area contributed by atoms with E-state index < -0.39 is 6.10 Å². The summed E-state index contributed by atoms with van der Waals surface area (Å²) in [6, 6.07) is 7.13. The average molecular weight is 310 g/mol. The van der Waals surface area contributed by atoms with Crippen LogP contribution in [0.1, 0.15) is 19.8 Å². The molecule has 0 saturated carbocycles. The standard InChI is InChI=1S/C16H20ClNO3/c1-12(21-14-4-2-3-13(17)9-14)15(19)18-10-16(11-18)5-7-20-8-6-16/h2-4,9,12H,5-8,10-11H2,1H3. The van der Waals surface area contributed by atoms with Crippen molar-refractivity contribution in [3.8, 4) is 5.75 Å². The maximum absolute atomic E-state index is 12.4. The monoisotopic (exact) mass is 309 g/mol. The Morgan fingerprint density at radius 3 is 2.76 bits per heavy atom. The molecule has 1 amide bonds. The Labute approximate surface area is 130 Å². The molecular weight excluding hydrogens is 290 g/mol.